The molecule has 0 amide bonds. The van der Waals surface area contributed by atoms with Crippen LogP contribution in [0.4, 0.5) is 0 Å². The second kappa shape index (κ2) is 22.6. The van der Waals surface area contributed by atoms with Crippen molar-refractivity contribution in [2.75, 3.05) is 0 Å². The van der Waals surface area contributed by atoms with Crippen LogP contribution < -0.4 is 0 Å². The molecular weight excluding hydrogens is 584 g/mol. The van der Waals surface area contributed by atoms with E-state index in [-0.39, 0.29) is 91.7 Å². The van der Waals surface area contributed by atoms with Crippen LogP contribution >= 0.6 is 0 Å². The number of phenolic OH excluding ortho intramolecular Hbond substituents is 1. The fourth-order valence-electron chi connectivity index (χ4n) is 7.36. The third-order valence-corrected chi connectivity index (χ3v) is 10.2. The number of para-hydroxylation sites is 1. The van der Waals surface area contributed by atoms with Crippen LogP contribution in [0.1, 0.15) is 125 Å². The van der Waals surface area contributed by atoms with Gasteiger partial charge in [0.15, 0.2) is 0 Å². The Balaban J connectivity index is -0.000000145. The summed E-state index contributed by atoms with van der Waals surface area (Å²) < 4.78 is 0. The molecular formula is C35H67ArO2Zr. The van der Waals surface area contributed by atoms with Gasteiger partial charge in [0.2, 0.25) is 0 Å². The molecule has 3 fully saturated rings. The maximum atomic E-state index is 9.93. The first-order chi connectivity index (χ1) is 15.4. The fourth-order valence-corrected chi connectivity index (χ4v) is 7.36. The third-order valence-electron chi connectivity index (χ3n) is 10.2. The number of hydrogen-bond acceptors (Lipinski definition) is 1. The minimum absolute atomic E-state index is 0. The van der Waals surface area contributed by atoms with Crippen LogP contribution in [-0.4, -0.2) is 10.6 Å². The normalized spacial score (nSPS) is 30.3. The summed E-state index contributed by atoms with van der Waals surface area (Å²) in [6, 6.07) is 6.00. The summed E-state index contributed by atoms with van der Waals surface area (Å²) in [6.45, 7) is 25.6. The van der Waals surface area contributed by atoms with Gasteiger partial charge < -0.3 is 32.9 Å². The van der Waals surface area contributed by atoms with E-state index in [1.54, 1.807) is 0 Å². The van der Waals surface area contributed by atoms with Crippen molar-refractivity contribution >= 4 is 0 Å². The molecule has 0 saturated heterocycles. The fraction of sp³-hybridized carbons (Fsp3) is 0.743. The number of hydrogen-bond donors (Lipinski definition) is 1. The molecule has 4 atom stereocenters. The summed E-state index contributed by atoms with van der Waals surface area (Å²) in [5.74, 6) is 10.1. The quantitative estimate of drug-likeness (QED) is 0.318. The van der Waals surface area contributed by atoms with Crippen LogP contribution in [0.25, 0.3) is 0 Å². The van der Waals surface area contributed by atoms with Gasteiger partial charge in [-0.1, -0.05) is 120 Å². The van der Waals surface area contributed by atoms with E-state index < -0.39 is 0 Å². The number of phenols is 1. The number of aromatic hydroxyl groups is 1. The van der Waals surface area contributed by atoms with E-state index in [1.807, 2.05) is 18.2 Å². The summed E-state index contributed by atoms with van der Waals surface area (Å²) in [7, 11) is 0. The zero-order valence-corrected chi connectivity index (χ0v) is 31.4. The van der Waals surface area contributed by atoms with Gasteiger partial charge in [0.25, 0.3) is 0 Å². The van der Waals surface area contributed by atoms with E-state index in [0.29, 0.717) is 17.6 Å². The minimum Gasteiger partial charge on any atom is -0.507 e. The second-order valence-corrected chi connectivity index (χ2v) is 12.8. The van der Waals surface area contributed by atoms with Crippen molar-refractivity contribution in [3.63, 3.8) is 0 Å². The molecule has 3 N–H and O–H groups in total. The summed E-state index contributed by atoms with van der Waals surface area (Å²) in [4.78, 5) is 0. The first-order valence-electron chi connectivity index (χ1n) is 14.2. The van der Waals surface area contributed by atoms with Crippen molar-refractivity contribution in [2.24, 2.45) is 53.3 Å². The van der Waals surface area contributed by atoms with Crippen LogP contribution in [0.5, 0.6) is 5.75 Å². The van der Waals surface area contributed by atoms with Crippen molar-refractivity contribution < 1.29 is 74.5 Å². The smallest absolute Gasteiger partial charge is 0.507 e. The zero-order valence-electron chi connectivity index (χ0n) is 28.2. The molecule has 1 aromatic carbocycles. The number of benzene rings is 1. The van der Waals surface area contributed by atoms with Crippen molar-refractivity contribution in [3.8, 4) is 5.75 Å². The Bertz CT molecular complexity index is 661. The standard InChI is InChI=1S/C14H26.C12H18O.C6H12.3CH3.Ar.H2O.Zr/c1-7-9(3)13-11(5)8(2)12(6)14(13)10(7)4;1-8(2)10-6-5-7-11(9(3)4)12(10)13;1-6-4-2-3-5-6;;;;;;/h7-14H,1-6H3;5-9,13H,1-4H3;6H,2-5H2,1H3;3*1H3;;1H2;/q;;;3*-1;;;+3. The van der Waals surface area contributed by atoms with Crippen LogP contribution in [-0.2, 0) is 26.2 Å². The Hall–Kier alpha value is 1.12. The molecule has 0 bridgehead atoms. The molecule has 4 rings (SSSR count). The molecule has 4 heteroatoms. The van der Waals surface area contributed by atoms with Crippen LogP contribution in [0.2, 0.25) is 0 Å². The molecule has 0 aliphatic heterocycles. The molecule has 4 unspecified atom stereocenters. The van der Waals surface area contributed by atoms with Gasteiger partial charge in [0.05, 0.1) is 0 Å². The van der Waals surface area contributed by atoms with Crippen LogP contribution in [0.15, 0.2) is 18.2 Å². The van der Waals surface area contributed by atoms with Gasteiger partial charge in [-0.2, -0.15) is 0 Å². The zero-order chi connectivity index (χ0) is 25.0. The van der Waals surface area contributed by atoms with E-state index in [2.05, 4.69) is 76.2 Å². The van der Waals surface area contributed by atoms with E-state index >= 15 is 0 Å². The topological polar surface area (TPSA) is 51.7 Å². The molecule has 0 aromatic heterocycles. The Kier molecular flexibility index (Phi) is 28.9. The Morgan fingerprint density at radius 1 is 0.615 bits per heavy atom. The van der Waals surface area contributed by atoms with Crippen LogP contribution in [0.3, 0.4) is 0 Å². The van der Waals surface area contributed by atoms with E-state index in [9.17, 15) is 5.11 Å². The monoisotopic (exact) mass is 649 g/mol. The van der Waals surface area contributed by atoms with Crippen molar-refractivity contribution in [2.45, 2.75) is 114 Å². The predicted molar refractivity (Wildman–Crippen MR) is 169 cm³/mol. The minimum atomic E-state index is 0. The van der Waals surface area contributed by atoms with E-state index in [0.717, 1.165) is 64.4 Å². The maximum absolute atomic E-state index is 9.93. The first kappa shape index (κ1) is 49.8. The summed E-state index contributed by atoms with van der Waals surface area (Å²) in [6.07, 6.45) is 5.95. The van der Waals surface area contributed by atoms with Gasteiger partial charge in [-0.15, -0.1) is 0 Å². The molecule has 39 heavy (non-hydrogen) atoms. The average Bonchev–Trinajstić information content (AvgIpc) is 3.39. The number of fused-ring (bicyclic) bond motifs is 1. The van der Waals surface area contributed by atoms with Gasteiger partial charge in [0, 0.05) is 37.7 Å². The van der Waals surface area contributed by atoms with Gasteiger partial charge >= 0.3 is 26.2 Å². The molecule has 1 radical (unpaired) electrons. The van der Waals surface area contributed by atoms with Gasteiger partial charge in [-0.05, 0) is 76.2 Å². The molecule has 1 aromatic rings. The predicted octanol–water partition coefficient (Wildman–Crippen LogP) is 10.4. The van der Waals surface area contributed by atoms with Gasteiger partial charge in [-0.25, -0.2) is 0 Å². The Morgan fingerprint density at radius 3 is 1.10 bits per heavy atom. The van der Waals surface area contributed by atoms with E-state index in [4.69, 9.17) is 0 Å². The molecule has 3 aliphatic rings. The average molecular weight is 651 g/mol. The van der Waals surface area contributed by atoms with Crippen LogP contribution in [0, 0.1) is 113 Å². The van der Waals surface area contributed by atoms with Gasteiger partial charge in [0.1, 0.15) is 5.75 Å². The molecule has 2 nitrogen and oxygen atoms in total. The molecule has 3 aliphatic carbocycles. The Morgan fingerprint density at radius 2 is 0.897 bits per heavy atom. The summed E-state index contributed by atoms with van der Waals surface area (Å²) >= 11 is 0. The van der Waals surface area contributed by atoms with Crippen molar-refractivity contribution in [1.29, 1.82) is 0 Å². The summed E-state index contributed by atoms with van der Waals surface area (Å²) in [5, 5.41) is 9.93. The Labute approximate surface area is 296 Å². The van der Waals surface area contributed by atoms with Crippen molar-refractivity contribution in [3.05, 3.63) is 51.6 Å². The molecule has 3 saturated carbocycles. The van der Waals surface area contributed by atoms with E-state index in [1.165, 1.54) is 25.7 Å². The number of rotatable bonds is 2. The van der Waals surface area contributed by atoms with Gasteiger partial charge in [-0.3, -0.25) is 0 Å². The second-order valence-electron chi connectivity index (χ2n) is 12.8. The molecule has 231 valence electrons. The SMILES string of the molecule is CC(C)c1cccc(C(C)C)c1O.CC1C(C)C2C(C)C(C)C(C)C2C1C.CC1CCCC1.O.[Ar].[CH3-].[CH3-].[CH3-].[Zr+3]. The summed E-state index contributed by atoms with van der Waals surface area (Å²) in [5.41, 5.74) is 2.09. The van der Waals surface area contributed by atoms with Crippen molar-refractivity contribution in [1.82, 2.24) is 0 Å². The molecule has 0 spiro atoms. The largest absolute Gasteiger partial charge is 3.00 e. The maximum Gasteiger partial charge on any atom is 3.00 e. The first-order valence-corrected chi connectivity index (χ1v) is 14.2. The molecule has 0 heterocycles. The third kappa shape index (κ3) is 12.3.